The van der Waals surface area contributed by atoms with Gasteiger partial charge in [0.25, 0.3) is 0 Å². The average Bonchev–Trinajstić information content (AvgIpc) is 3.61. The van der Waals surface area contributed by atoms with Gasteiger partial charge in [0.1, 0.15) is 5.52 Å². The highest BCUT2D eigenvalue weighted by Gasteiger charge is 2.56. The zero-order valence-corrected chi connectivity index (χ0v) is 27.3. The van der Waals surface area contributed by atoms with E-state index in [4.69, 9.17) is 26.3 Å². The number of amides is 1. The predicted octanol–water partition coefficient (Wildman–Crippen LogP) is 6.06. The van der Waals surface area contributed by atoms with Gasteiger partial charge in [0.05, 0.1) is 42.2 Å². The maximum Gasteiger partial charge on any atom is 0.238 e. The van der Waals surface area contributed by atoms with Crippen molar-refractivity contribution in [3.8, 4) is 11.3 Å². The van der Waals surface area contributed by atoms with Crippen LogP contribution in [0.1, 0.15) is 77.8 Å². The zero-order valence-electron chi connectivity index (χ0n) is 26.6. The molecule has 0 unspecified atom stereocenters. The molecular weight excluding hydrogens is 572 g/mol. The fraction of sp³-hybridized carbons (Fsp3) is 0.629. The molecule has 3 aromatic rings. The standard InChI is InChI=1S/C35H45ClN6O2/c1-5-22(2)41-21-37-29-17-28(38-32(36)31(29)41)23-6-7-27-30(14-23)42(25-15-24(16-25)40-11-8-34(3,4)20-40)33(43)35(27)9-12-39(13-10-35)26-18-44-19-26/h6-7,14,17,21-22,24-26H,5,8-13,15-16,18-20H2,1-4H3/t22-,24-,25+/m0/s1. The first-order valence-electron chi connectivity index (χ1n) is 16.7. The number of pyridine rings is 1. The Morgan fingerprint density at radius 1 is 1.02 bits per heavy atom. The van der Waals surface area contributed by atoms with E-state index in [1.165, 1.54) is 18.5 Å². The number of carbonyl (C=O) groups excluding carboxylic acids is 1. The summed E-state index contributed by atoms with van der Waals surface area (Å²) in [6, 6.07) is 10.3. The fourth-order valence-corrected chi connectivity index (χ4v) is 8.81. The summed E-state index contributed by atoms with van der Waals surface area (Å²) in [4.78, 5) is 31.6. The first-order chi connectivity index (χ1) is 21.2. The smallest absolute Gasteiger partial charge is 0.238 e. The van der Waals surface area contributed by atoms with Crippen LogP contribution in [0.2, 0.25) is 5.15 Å². The maximum absolute atomic E-state index is 14.7. The number of anilines is 1. The van der Waals surface area contributed by atoms with Crippen LogP contribution in [-0.2, 0) is 14.9 Å². The Labute approximate surface area is 265 Å². The number of carbonyl (C=O) groups is 1. The molecule has 3 saturated heterocycles. The van der Waals surface area contributed by atoms with E-state index in [-0.39, 0.29) is 6.04 Å². The summed E-state index contributed by atoms with van der Waals surface area (Å²) in [7, 11) is 0. The second-order valence-electron chi connectivity index (χ2n) is 15.0. The molecule has 6 heterocycles. The third-order valence-corrected chi connectivity index (χ3v) is 12.0. The van der Waals surface area contributed by atoms with E-state index in [0.29, 0.717) is 34.6 Å². The molecule has 4 fully saturated rings. The molecule has 1 aromatic carbocycles. The number of halogens is 1. The molecule has 1 saturated carbocycles. The molecule has 5 aliphatic rings. The van der Waals surface area contributed by atoms with Gasteiger partial charge in [0.15, 0.2) is 5.15 Å². The molecule has 2 aromatic heterocycles. The van der Waals surface area contributed by atoms with Crippen LogP contribution in [-0.4, -0.2) is 87.8 Å². The molecule has 8 rings (SSSR count). The predicted molar refractivity (Wildman–Crippen MR) is 174 cm³/mol. The Morgan fingerprint density at radius 2 is 1.77 bits per heavy atom. The monoisotopic (exact) mass is 616 g/mol. The molecule has 1 aliphatic carbocycles. The highest BCUT2D eigenvalue weighted by molar-refractivity contribution is 6.34. The highest BCUT2D eigenvalue weighted by Crippen LogP contribution is 2.52. The summed E-state index contributed by atoms with van der Waals surface area (Å²) in [5.74, 6) is 0.313. The van der Waals surface area contributed by atoms with Crippen LogP contribution < -0.4 is 4.90 Å². The molecule has 234 valence electrons. The first kappa shape index (κ1) is 28.9. The lowest BCUT2D eigenvalue weighted by Crippen LogP contribution is -2.59. The molecule has 1 atom stereocenters. The van der Waals surface area contributed by atoms with Crippen molar-refractivity contribution in [1.29, 1.82) is 0 Å². The van der Waals surface area contributed by atoms with Gasteiger partial charge in [-0.3, -0.25) is 14.6 Å². The number of imidazole rings is 1. The zero-order chi connectivity index (χ0) is 30.4. The van der Waals surface area contributed by atoms with Gasteiger partial charge in [0, 0.05) is 35.9 Å². The number of benzene rings is 1. The van der Waals surface area contributed by atoms with Crippen molar-refractivity contribution in [1.82, 2.24) is 24.3 Å². The van der Waals surface area contributed by atoms with Crippen molar-refractivity contribution in [3.05, 3.63) is 41.3 Å². The SMILES string of the molecule is CC[C@H](C)n1cnc2cc(-c3ccc4c(c3)N([C@H]3C[C@@H](N5CCC(C)(C)C5)C3)C(=O)C43CCN(C4COC4)CC3)nc(Cl)c21. The second kappa shape index (κ2) is 10.5. The van der Waals surface area contributed by atoms with Gasteiger partial charge in [-0.15, -0.1) is 0 Å². The van der Waals surface area contributed by atoms with Gasteiger partial charge in [-0.25, -0.2) is 9.97 Å². The average molecular weight is 617 g/mol. The highest BCUT2D eigenvalue weighted by atomic mass is 35.5. The van der Waals surface area contributed by atoms with Crippen molar-refractivity contribution in [2.45, 2.75) is 95.8 Å². The number of nitrogens with zero attached hydrogens (tertiary/aromatic N) is 6. The van der Waals surface area contributed by atoms with Crippen molar-refractivity contribution < 1.29 is 9.53 Å². The minimum absolute atomic E-state index is 0.243. The number of aromatic nitrogens is 3. The van der Waals surface area contributed by atoms with Crippen LogP contribution in [0.3, 0.4) is 0 Å². The van der Waals surface area contributed by atoms with E-state index in [9.17, 15) is 4.79 Å². The molecule has 8 nitrogen and oxygen atoms in total. The van der Waals surface area contributed by atoms with Crippen molar-refractivity contribution in [2.75, 3.05) is 44.3 Å². The largest absolute Gasteiger partial charge is 0.378 e. The molecular formula is C35H45ClN6O2. The lowest BCUT2D eigenvalue weighted by atomic mass is 9.73. The van der Waals surface area contributed by atoms with E-state index in [0.717, 1.165) is 92.9 Å². The van der Waals surface area contributed by atoms with Gasteiger partial charge in [-0.2, -0.15) is 0 Å². The molecule has 0 bridgehead atoms. The number of hydrogen-bond acceptors (Lipinski definition) is 6. The van der Waals surface area contributed by atoms with Crippen LogP contribution >= 0.6 is 11.6 Å². The normalized spacial score (nSPS) is 27.6. The van der Waals surface area contributed by atoms with Gasteiger partial charge < -0.3 is 14.2 Å². The molecule has 4 aliphatic heterocycles. The number of hydrogen-bond donors (Lipinski definition) is 0. The van der Waals surface area contributed by atoms with Crippen LogP contribution in [0.5, 0.6) is 0 Å². The third kappa shape index (κ3) is 4.46. The number of ether oxygens (including phenoxy) is 1. The lowest BCUT2D eigenvalue weighted by Gasteiger charge is -2.47. The summed E-state index contributed by atoms with van der Waals surface area (Å²) in [5.41, 5.74) is 5.76. The minimum Gasteiger partial charge on any atom is -0.378 e. The summed E-state index contributed by atoms with van der Waals surface area (Å²) in [6.07, 6.45) is 7.95. The van der Waals surface area contributed by atoms with E-state index in [1.54, 1.807) is 0 Å². The van der Waals surface area contributed by atoms with Crippen molar-refractivity contribution in [2.24, 2.45) is 5.41 Å². The van der Waals surface area contributed by atoms with Crippen molar-refractivity contribution in [3.63, 3.8) is 0 Å². The van der Waals surface area contributed by atoms with Crippen LogP contribution in [0.4, 0.5) is 5.69 Å². The van der Waals surface area contributed by atoms with E-state index >= 15 is 0 Å². The quantitative estimate of drug-likeness (QED) is 0.314. The third-order valence-electron chi connectivity index (χ3n) is 11.7. The molecule has 9 heteroatoms. The van der Waals surface area contributed by atoms with Gasteiger partial charge in [-0.05, 0) is 88.2 Å². The van der Waals surface area contributed by atoms with Gasteiger partial charge in [0.2, 0.25) is 5.91 Å². The Hall–Kier alpha value is -2.52. The molecule has 0 radical (unpaired) electrons. The second-order valence-corrected chi connectivity index (χ2v) is 15.3. The minimum atomic E-state index is -0.445. The number of rotatable bonds is 6. The number of fused-ring (bicyclic) bond motifs is 3. The van der Waals surface area contributed by atoms with E-state index < -0.39 is 5.41 Å². The van der Waals surface area contributed by atoms with Crippen LogP contribution in [0.25, 0.3) is 22.3 Å². The number of likely N-dealkylation sites (tertiary alicyclic amines) is 2. The molecule has 1 spiro atoms. The van der Waals surface area contributed by atoms with E-state index in [1.807, 2.05) is 12.4 Å². The Kier molecular flexibility index (Phi) is 6.91. The van der Waals surface area contributed by atoms with Crippen LogP contribution in [0, 0.1) is 5.41 Å². The molecule has 0 N–H and O–H groups in total. The fourth-order valence-electron chi connectivity index (χ4n) is 8.53. The molecule has 1 amide bonds. The summed E-state index contributed by atoms with van der Waals surface area (Å²) in [6.45, 7) is 14.9. The summed E-state index contributed by atoms with van der Waals surface area (Å²) >= 11 is 6.83. The Bertz CT molecular complexity index is 1600. The summed E-state index contributed by atoms with van der Waals surface area (Å²) in [5, 5.41) is 0.475. The topological polar surface area (TPSA) is 66.7 Å². The maximum atomic E-state index is 14.7. The lowest BCUT2D eigenvalue weighted by molar-refractivity contribution is -0.128. The number of piperidine rings is 1. The van der Waals surface area contributed by atoms with Gasteiger partial charge in [-0.1, -0.05) is 44.5 Å². The van der Waals surface area contributed by atoms with Crippen molar-refractivity contribution >= 4 is 34.2 Å². The van der Waals surface area contributed by atoms with E-state index in [2.05, 4.69) is 65.2 Å². The Morgan fingerprint density at radius 3 is 2.43 bits per heavy atom. The molecule has 44 heavy (non-hydrogen) atoms. The van der Waals surface area contributed by atoms with Crippen LogP contribution in [0.15, 0.2) is 30.6 Å². The van der Waals surface area contributed by atoms with Gasteiger partial charge >= 0.3 is 0 Å². The first-order valence-corrected chi connectivity index (χ1v) is 17.1. The Balaban J connectivity index is 1.13. The summed E-state index contributed by atoms with van der Waals surface area (Å²) < 4.78 is 7.61.